The maximum atomic E-state index is 11.8. The van der Waals surface area contributed by atoms with Crippen molar-refractivity contribution < 1.29 is 9.59 Å². The number of nitrogens with one attached hydrogen (secondary N) is 3. The maximum Gasteiger partial charge on any atom is 0.272 e. The molecule has 0 spiro atoms. The Kier molecular flexibility index (Phi) is 4.25. The Labute approximate surface area is 100 Å². The summed E-state index contributed by atoms with van der Waals surface area (Å²) in [6, 6.07) is 0.00650. The van der Waals surface area contributed by atoms with E-state index in [2.05, 4.69) is 20.6 Å². The Morgan fingerprint density at radius 2 is 1.65 bits per heavy atom. The standard InChI is InChI=1S/C11H18N4O2/c1-6(2)14-10(16)8-9(13-5-12-8)11(17)15-7(3)4/h5-7H,1-4H3,(H,12,13)(H,14,16)(H,15,17). The van der Waals surface area contributed by atoms with Crippen LogP contribution in [0.4, 0.5) is 0 Å². The van der Waals surface area contributed by atoms with Crippen LogP contribution in [-0.2, 0) is 0 Å². The summed E-state index contributed by atoms with van der Waals surface area (Å²) in [6.07, 6.45) is 1.34. The number of nitrogens with zero attached hydrogens (tertiary/aromatic N) is 1. The quantitative estimate of drug-likeness (QED) is 0.721. The minimum Gasteiger partial charge on any atom is -0.349 e. The molecular weight excluding hydrogens is 220 g/mol. The molecule has 0 radical (unpaired) electrons. The summed E-state index contributed by atoms with van der Waals surface area (Å²) in [5, 5.41) is 5.40. The van der Waals surface area contributed by atoms with Crippen molar-refractivity contribution in [2.75, 3.05) is 0 Å². The number of amides is 2. The third-order valence-corrected chi connectivity index (χ3v) is 1.92. The van der Waals surface area contributed by atoms with Crippen LogP contribution < -0.4 is 10.6 Å². The summed E-state index contributed by atoms with van der Waals surface area (Å²) in [5.41, 5.74) is 0.314. The Morgan fingerprint density at radius 3 is 2.18 bits per heavy atom. The number of carbonyl (C=O) groups excluding carboxylic acids is 2. The van der Waals surface area contributed by atoms with E-state index in [1.807, 2.05) is 27.7 Å². The average Bonchev–Trinajstić information content (AvgIpc) is 2.63. The number of hydrogen-bond donors (Lipinski definition) is 3. The van der Waals surface area contributed by atoms with E-state index in [9.17, 15) is 9.59 Å². The molecule has 0 saturated heterocycles. The zero-order valence-corrected chi connectivity index (χ0v) is 10.5. The van der Waals surface area contributed by atoms with Gasteiger partial charge in [-0.05, 0) is 27.7 Å². The van der Waals surface area contributed by atoms with Crippen LogP contribution >= 0.6 is 0 Å². The van der Waals surface area contributed by atoms with Gasteiger partial charge in [0, 0.05) is 12.1 Å². The van der Waals surface area contributed by atoms with Crippen LogP contribution in [0.3, 0.4) is 0 Å². The fourth-order valence-corrected chi connectivity index (χ4v) is 1.30. The molecule has 6 heteroatoms. The van der Waals surface area contributed by atoms with Crippen molar-refractivity contribution in [1.29, 1.82) is 0 Å². The number of imidazole rings is 1. The summed E-state index contributed by atoms with van der Waals surface area (Å²) in [6.45, 7) is 7.39. The van der Waals surface area contributed by atoms with Gasteiger partial charge < -0.3 is 15.6 Å². The van der Waals surface area contributed by atoms with Crippen LogP contribution in [-0.4, -0.2) is 33.9 Å². The van der Waals surface area contributed by atoms with Crippen molar-refractivity contribution >= 4 is 11.8 Å². The second-order valence-electron chi connectivity index (χ2n) is 4.38. The normalized spacial score (nSPS) is 10.7. The first-order chi connectivity index (χ1) is 7.91. The second kappa shape index (κ2) is 5.47. The van der Waals surface area contributed by atoms with E-state index >= 15 is 0 Å². The van der Waals surface area contributed by atoms with Crippen molar-refractivity contribution in [3.8, 4) is 0 Å². The van der Waals surface area contributed by atoms with Gasteiger partial charge in [0.15, 0.2) is 5.69 Å². The van der Waals surface area contributed by atoms with Crippen LogP contribution in [0.5, 0.6) is 0 Å². The molecule has 3 N–H and O–H groups in total. The first-order valence-electron chi connectivity index (χ1n) is 5.57. The fourth-order valence-electron chi connectivity index (χ4n) is 1.30. The smallest absolute Gasteiger partial charge is 0.272 e. The van der Waals surface area contributed by atoms with Gasteiger partial charge in [0.05, 0.1) is 6.33 Å². The Bertz CT molecular complexity index is 373. The number of H-pyrrole nitrogens is 1. The van der Waals surface area contributed by atoms with Crippen molar-refractivity contribution in [2.24, 2.45) is 0 Å². The largest absolute Gasteiger partial charge is 0.349 e. The average molecular weight is 238 g/mol. The molecule has 0 saturated carbocycles. The van der Waals surface area contributed by atoms with Gasteiger partial charge in [-0.3, -0.25) is 9.59 Å². The first-order valence-corrected chi connectivity index (χ1v) is 5.57. The molecule has 0 fully saturated rings. The number of hydrogen-bond acceptors (Lipinski definition) is 3. The lowest BCUT2D eigenvalue weighted by atomic mass is 10.2. The van der Waals surface area contributed by atoms with Gasteiger partial charge in [-0.25, -0.2) is 4.98 Å². The lowest BCUT2D eigenvalue weighted by Gasteiger charge is -2.09. The lowest BCUT2D eigenvalue weighted by molar-refractivity contribution is 0.0902. The lowest BCUT2D eigenvalue weighted by Crippen LogP contribution is -2.35. The fraction of sp³-hybridized carbons (Fsp3) is 0.545. The molecule has 0 atom stereocenters. The van der Waals surface area contributed by atoms with E-state index in [0.29, 0.717) is 0 Å². The van der Waals surface area contributed by atoms with Gasteiger partial charge in [-0.1, -0.05) is 0 Å². The number of carbonyl (C=O) groups is 2. The number of aromatic nitrogens is 2. The zero-order chi connectivity index (χ0) is 13.0. The molecule has 6 nitrogen and oxygen atoms in total. The van der Waals surface area contributed by atoms with Crippen molar-refractivity contribution in [3.05, 3.63) is 17.7 Å². The third kappa shape index (κ3) is 3.58. The Morgan fingerprint density at radius 1 is 1.12 bits per heavy atom. The Hall–Kier alpha value is -1.85. The van der Waals surface area contributed by atoms with Crippen molar-refractivity contribution in [1.82, 2.24) is 20.6 Å². The molecule has 17 heavy (non-hydrogen) atoms. The van der Waals surface area contributed by atoms with Gasteiger partial charge in [0.25, 0.3) is 11.8 Å². The minimum atomic E-state index is -0.352. The van der Waals surface area contributed by atoms with Crippen molar-refractivity contribution in [2.45, 2.75) is 39.8 Å². The topological polar surface area (TPSA) is 86.9 Å². The van der Waals surface area contributed by atoms with E-state index < -0.39 is 0 Å². The monoisotopic (exact) mass is 238 g/mol. The molecule has 94 valence electrons. The highest BCUT2D eigenvalue weighted by molar-refractivity contribution is 6.04. The summed E-state index contributed by atoms with van der Waals surface area (Å²) in [4.78, 5) is 30.1. The van der Waals surface area contributed by atoms with Crippen LogP contribution in [0, 0.1) is 0 Å². The molecule has 0 aliphatic rings. The number of rotatable bonds is 4. The zero-order valence-electron chi connectivity index (χ0n) is 10.5. The predicted molar refractivity (Wildman–Crippen MR) is 63.8 cm³/mol. The molecular formula is C11H18N4O2. The maximum absolute atomic E-state index is 11.8. The van der Waals surface area contributed by atoms with E-state index in [4.69, 9.17) is 0 Å². The highest BCUT2D eigenvalue weighted by atomic mass is 16.2. The first kappa shape index (κ1) is 13.2. The molecule has 0 unspecified atom stereocenters. The molecule has 0 bridgehead atoms. The highest BCUT2D eigenvalue weighted by Crippen LogP contribution is 2.03. The summed E-state index contributed by atoms with van der Waals surface area (Å²) < 4.78 is 0. The second-order valence-corrected chi connectivity index (χ2v) is 4.38. The molecule has 2 amide bonds. The summed E-state index contributed by atoms with van der Waals surface area (Å²) in [7, 11) is 0. The van der Waals surface area contributed by atoms with E-state index in [1.54, 1.807) is 0 Å². The predicted octanol–water partition coefficient (Wildman–Crippen LogP) is 0.686. The van der Waals surface area contributed by atoms with Gasteiger partial charge in [0.1, 0.15) is 5.69 Å². The van der Waals surface area contributed by atoms with E-state index in [-0.39, 0.29) is 35.3 Å². The molecule has 1 aromatic heterocycles. The van der Waals surface area contributed by atoms with E-state index in [1.165, 1.54) is 6.33 Å². The molecule has 1 rings (SSSR count). The third-order valence-electron chi connectivity index (χ3n) is 1.92. The van der Waals surface area contributed by atoms with Crippen molar-refractivity contribution in [3.63, 3.8) is 0 Å². The molecule has 1 heterocycles. The SMILES string of the molecule is CC(C)NC(=O)c1nc[nH]c1C(=O)NC(C)C. The van der Waals surface area contributed by atoms with Crippen LogP contribution in [0.15, 0.2) is 6.33 Å². The molecule has 0 aromatic carbocycles. The summed E-state index contributed by atoms with van der Waals surface area (Å²) >= 11 is 0. The Balaban J connectivity index is 2.85. The summed E-state index contributed by atoms with van der Waals surface area (Å²) in [5.74, 6) is -0.679. The minimum absolute atomic E-state index is 0.000194. The van der Waals surface area contributed by atoms with E-state index in [0.717, 1.165) is 0 Å². The molecule has 1 aromatic rings. The van der Waals surface area contributed by atoms with Crippen LogP contribution in [0.1, 0.15) is 48.7 Å². The molecule has 0 aliphatic carbocycles. The van der Waals surface area contributed by atoms with Crippen LogP contribution in [0.2, 0.25) is 0 Å². The van der Waals surface area contributed by atoms with Gasteiger partial charge in [-0.15, -0.1) is 0 Å². The van der Waals surface area contributed by atoms with Gasteiger partial charge >= 0.3 is 0 Å². The van der Waals surface area contributed by atoms with Gasteiger partial charge in [0.2, 0.25) is 0 Å². The van der Waals surface area contributed by atoms with Crippen LogP contribution in [0.25, 0.3) is 0 Å². The molecule has 0 aliphatic heterocycles. The highest BCUT2D eigenvalue weighted by Gasteiger charge is 2.20. The van der Waals surface area contributed by atoms with Gasteiger partial charge in [-0.2, -0.15) is 0 Å². The number of aromatic amines is 1.